The van der Waals surface area contributed by atoms with Gasteiger partial charge in [-0.3, -0.25) is 9.78 Å². The van der Waals surface area contributed by atoms with Gasteiger partial charge >= 0.3 is 0 Å². The molecule has 0 bridgehead atoms. The Morgan fingerprint density at radius 2 is 2.28 bits per heavy atom. The zero-order valence-electron chi connectivity index (χ0n) is 8.78. The Labute approximate surface area is 105 Å². The smallest absolute Gasteiger partial charge is 0.292 e. The zero-order valence-corrected chi connectivity index (χ0v) is 9.54. The maximum atomic E-state index is 13.2. The maximum absolute atomic E-state index is 13.2. The molecule has 0 saturated heterocycles. The van der Waals surface area contributed by atoms with Gasteiger partial charge in [0.1, 0.15) is 17.9 Å². The van der Waals surface area contributed by atoms with Crippen LogP contribution in [0.1, 0.15) is 16.2 Å². The standard InChI is InChI=1S/C10H6ClF2N3O2/c11-10-16-8(4-18-10)9(17)15-3-7-6(13)1-5(12)2-14-7/h1-2,4H,3H2,(H,15,17). The lowest BCUT2D eigenvalue weighted by Gasteiger charge is -2.03. The molecule has 1 amide bonds. The first-order valence-corrected chi connectivity index (χ1v) is 5.13. The summed E-state index contributed by atoms with van der Waals surface area (Å²) in [5.41, 5.74) is -0.123. The van der Waals surface area contributed by atoms with E-state index in [0.29, 0.717) is 6.07 Å². The molecule has 8 heteroatoms. The highest BCUT2D eigenvalue weighted by atomic mass is 35.5. The fraction of sp³-hybridized carbons (Fsp3) is 0.100. The Morgan fingerprint density at radius 1 is 1.50 bits per heavy atom. The van der Waals surface area contributed by atoms with Gasteiger partial charge < -0.3 is 9.73 Å². The topological polar surface area (TPSA) is 68.0 Å². The van der Waals surface area contributed by atoms with Gasteiger partial charge in [0.2, 0.25) is 0 Å². The minimum absolute atomic E-state index is 0.0393. The van der Waals surface area contributed by atoms with Gasteiger partial charge in [-0.05, 0) is 11.6 Å². The monoisotopic (exact) mass is 273 g/mol. The third-order valence-electron chi connectivity index (χ3n) is 2.01. The summed E-state index contributed by atoms with van der Waals surface area (Å²) in [4.78, 5) is 18.6. The van der Waals surface area contributed by atoms with Crippen LogP contribution in [0.25, 0.3) is 0 Å². The van der Waals surface area contributed by atoms with Crippen molar-refractivity contribution in [1.29, 1.82) is 0 Å². The van der Waals surface area contributed by atoms with Crippen LogP contribution in [-0.4, -0.2) is 15.9 Å². The number of carbonyl (C=O) groups excluding carboxylic acids is 1. The van der Waals surface area contributed by atoms with Crippen molar-refractivity contribution in [2.75, 3.05) is 0 Å². The third kappa shape index (κ3) is 2.80. The fourth-order valence-corrected chi connectivity index (χ4v) is 1.32. The van der Waals surface area contributed by atoms with Gasteiger partial charge in [-0.2, -0.15) is 4.98 Å². The van der Waals surface area contributed by atoms with E-state index >= 15 is 0 Å². The third-order valence-corrected chi connectivity index (χ3v) is 2.18. The van der Waals surface area contributed by atoms with E-state index in [0.717, 1.165) is 12.5 Å². The van der Waals surface area contributed by atoms with E-state index in [4.69, 9.17) is 11.6 Å². The molecular weight excluding hydrogens is 268 g/mol. The Kier molecular flexibility index (Phi) is 3.52. The average Bonchev–Trinajstić information content (AvgIpc) is 2.74. The highest BCUT2D eigenvalue weighted by Gasteiger charge is 2.12. The number of pyridine rings is 1. The van der Waals surface area contributed by atoms with Gasteiger partial charge in [-0.15, -0.1) is 0 Å². The van der Waals surface area contributed by atoms with E-state index in [1.54, 1.807) is 0 Å². The number of hydrogen-bond donors (Lipinski definition) is 1. The van der Waals surface area contributed by atoms with Gasteiger partial charge in [0.05, 0.1) is 18.4 Å². The highest BCUT2D eigenvalue weighted by Crippen LogP contribution is 2.08. The molecule has 2 aromatic heterocycles. The van der Waals surface area contributed by atoms with Crippen LogP contribution in [0.2, 0.25) is 5.35 Å². The molecule has 0 saturated carbocycles. The summed E-state index contributed by atoms with van der Waals surface area (Å²) < 4.78 is 30.4. The van der Waals surface area contributed by atoms with Crippen LogP contribution >= 0.6 is 11.6 Å². The first-order chi connectivity index (χ1) is 8.56. The normalized spacial score (nSPS) is 10.4. The molecule has 0 aliphatic rings. The van der Waals surface area contributed by atoms with Crippen LogP contribution in [0.3, 0.4) is 0 Å². The molecule has 0 atom stereocenters. The number of carbonyl (C=O) groups is 1. The molecule has 1 N–H and O–H groups in total. The van der Waals surface area contributed by atoms with Crippen molar-refractivity contribution in [2.45, 2.75) is 6.54 Å². The van der Waals surface area contributed by atoms with Gasteiger partial charge in [0.25, 0.3) is 11.3 Å². The lowest BCUT2D eigenvalue weighted by atomic mass is 10.3. The summed E-state index contributed by atoms with van der Waals surface area (Å²) in [6, 6.07) is 0.682. The SMILES string of the molecule is O=C(NCc1ncc(F)cc1F)c1coc(Cl)n1. The molecule has 0 unspecified atom stereocenters. The Bertz CT molecular complexity index is 588. The molecule has 0 spiro atoms. The van der Waals surface area contributed by atoms with Crippen molar-refractivity contribution in [3.63, 3.8) is 0 Å². The summed E-state index contributed by atoms with van der Waals surface area (Å²) in [6.07, 6.45) is 1.92. The number of rotatable bonds is 3. The molecule has 2 aromatic rings. The van der Waals surface area contributed by atoms with Crippen molar-refractivity contribution in [3.8, 4) is 0 Å². The molecule has 2 heterocycles. The Balaban J connectivity index is 2.01. The Morgan fingerprint density at radius 3 is 2.89 bits per heavy atom. The number of amides is 1. The molecule has 0 aromatic carbocycles. The number of aromatic nitrogens is 2. The fourth-order valence-electron chi connectivity index (χ4n) is 1.18. The molecule has 94 valence electrons. The first kappa shape index (κ1) is 12.4. The molecule has 0 aliphatic carbocycles. The predicted molar refractivity (Wildman–Crippen MR) is 56.8 cm³/mol. The zero-order chi connectivity index (χ0) is 13.1. The van der Waals surface area contributed by atoms with Crippen LogP contribution in [-0.2, 0) is 6.54 Å². The largest absolute Gasteiger partial charge is 0.435 e. The minimum Gasteiger partial charge on any atom is -0.435 e. The molecule has 0 fully saturated rings. The molecule has 5 nitrogen and oxygen atoms in total. The molecule has 2 rings (SSSR count). The van der Waals surface area contributed by atoms with E-state index in [9.17, 15) is 13.6 Å². The van der Waals surface area contributed by atoms with Crippen molar-refractivity contribution >= 4 is 17.5 Å². The quantitative estimate of drug-likeness (QED) is 0.928. The van der Waals surface area contributed by atoms with E-state index < -0.39 is 17.5 Å². The van der Waals surface area contributed by atoms with Crippen molar-refractivity contribution in [3.05, 3.63) is 46.9 Å². The second-order valence-electron chi connectivity index (χ2n) is 3.25. The summed E-state index contributed by atoms with van der Waals surface area (Å²) in [7, 11) is 0. The van der Waals surface area contributed by atoms with Crippen molar-refractivity contribution in [2.24, 2.45) is 0 Å². The lowest BCUT2D eigenvalue weighted by Crippen LogP contribution is -2.24. The minimum atomic E-state index is -0.839. The van der Waals surface area contributed by atoms with E-state index in [-0.39, 0.29) is 23.3 Å². The van der Waals surface area contributed by atoms with Crippen LogP contribution in [0.15, 0.2) is 22.9 Å². The number of halogens is 3. The maximum Gasteiger partial charge on any atom is 0.292 e. The Hall–Kier alpha value is -2.02. The van der Waals surface area contributed by atoms with E-state index in [2.05, 4.69) is 19.7 Å². The molecule has 18 heavy (non-hydrogen) atoms. The van der Waals surface area contributed by atoms with Crippen LogP contribution in [0.4, 0.5) is 8.78 Å². The summed E-state index contributed by atoms with van der Waals surface area (Å²) in [5, 5.41) is 2.17. The molecular formula is C10H6ClF2N3O2. The molecule has 0 aliphatic heterocycles. The highest BCUT2D eigenvalue weighted by molar-refractivity contribution is 6.27. The number of oxazole rings is 1. The van der Waals surface area contributed by atoms with Crippen molar-refractivity contribution < 1.29 is 18.0 Å². The average molecular weight is 274 g/mol. The van der Waals surface area contributed by atoms with Gasteiger partial charge in [-0.25, -0.2) is 8.78 Å². The van der Waals surface area contributed by atoms with Crippen molar-refractivity contribution in [1.82, 2.24) is 15.3 Å². The summed E-state index contributed by atoms with van der Waals surface area (Å²) >= 11 is 5.39. The van der Waals surface area contributed by atoms with Crippen LogP contribution in [0.5, 0.6) is 0 Å². The van der Waals surface area contributed by atoms with E-state index in [1.165, 1.54) is 0 Å². The number of hydrogen-bond acceptors (Lipinski definition) is 4. The van der Waals surface area contributed by atoms with Gasteiger partial charge in [0.15, 0.2) is 5.69 Å². The summed E-state index contributed by atoms with van der Waals surface area (Å²) in [5.74, 6) is -2.23. The van der Waals surface area contributed by atoms with Gasteiger partial charge in [0, 0.05) is 6.07 Å². The second kappa shape index (κ2) is 5.09. The van der Waals surface area contributed by atoms with E-state index in [1.807, 2.05) is 0 Å². The first-order valence-electron chi connectivity index (χ1n) is 4.75. The predicted octanol–water partition coefficient (Wildman–Crippen LogP) is 1.93. The second-order valence-corrected chi connectivity index (χ2v) is 3.57. The molecule has 0 radical (unpaired) electrons. The lowest BCUT2D eigenvalue weighted by molar-refractivity contribution is 0.0945. The van der Waals surface area contributed by atoms with Gasteiger partial charge in [-0.1, -0.05) is 0 Å². The number of nitrogens with one attached hydrogen (secondary N) is 1. The van der Waals surface area contributed by atoms with Crippen LogP contribution < -0.4 is 5.32 Å². The number of nitrogens with zero attached hydrogens (tertiary/aromatic N) is 2. The summed E-state index contributed by atoms with van der Waals surface area (Å²) in [6.45, 7) is -0.199. The van der Waals surface area contributed by atoms with Crippen LogP contribution in [0, 0.1) is 11.6 Å².